The fraction of sp³-hybridized carbons (Fsp3) is 0.778. The molecule has 4 rings (SSSR count). The summed E-state index contributed by atoms with van der Waals surface area (Å²) in [7, 11) is 4.00. The molecular weight excluding hydrogens is 302 g/mol. The van der Waals surface area contributed by atoms with E-state index in [1.54, 1.807) is 7.11 Å². The molecule has 24 heavy (non-hydrogen) atoms. The van der Waals surface area contributed by atoms with Gasteiger partial charge in [0, 0.05) is 57.2 Å². The van der Waals surface area contributed by atoms with Crippen LogP contribution in [0.25, 0.3) is 0 Å². The maximum absolute atomic E-state index is 5.36. The molecule has 1 aromatic rings. The second-order valence-corrected chi connectivity index (χ2v) is 7.57. The molecule has 6 nitrogen and oxygen atoms in total. The van der Waals surface area contributed by atoms with Gasteiger partial charge in [-0.15, -0.1) is 0 Å². The topological polar surface area (TPSA) is 53.5 Å². The number of nitrogens with one attached hydrogen (secondary N) is 1. The normalized spacial score (nSPS) is 24.8. The number of rotatable bonds is 5. The van der Waals surface area contributed by atoms with Crippen LogP contribution in [0.15, 0.2) is 0 Å². The van der Waals surface area contributed by atoms with E-state index < -0.39 is 0 Å². The zero-order chi connectivity index (χ0) is 16.5. The summed E-state index contributed by atoms with van der Waals surface area (Å²) in [6.07, 6.45) is 5.76. The molecule has 1 saturated carbocycles. The van der Waals surface area contributed by atoms with Gasteiger partial charge < -0.3 is 19.9 Å². The van der Waals surface area contributed by atoms with Gasteiger partial charge in [-0.3, -0.25) is 0 Å². The highest BCUT2D eigenvalue weighted by Gasteiger charge is 2.29. The summed E-state index contributed by atoms with van der Waals surface area (Å²) >= 11 is 0. The van der Waals surface area contributed by atoms with E-state index in [-0.39, 0.29) is 0 Å². The Morgan fingerprint density at radius 1 is 1.12 bits per heavy atom. The van der Waals surface area contributed by atoms with Gasteiger partial charge in [-0.2, -0.15) is 4.98 Å². The molecule has 1 atom stereocenters. The van der Waals surface area contributed by atoms with Gasteiger partial charge in [-0.25, -0.2) is 4.98 Å². The Bertz CT molecular complexity index is 589. The molecule has 0 bridgehead atoms. The zero-order valence-electron chi connectivity index (χ0n) is 14.9. The third kappa shape index (κ3) is 3.49. The van der Waals surface area contributed by atoms with Crippen LogP contribution < -0.4 is 10.2 Å². The second-order valence-electron chi connectivity index (χ2n) is 7.57. The highest BCUT2D eigenvalue weighted by molar-refractivity contribution is 5.54. The Balaban J connectivity index is 1.63. The standard InChI is InChI=1S/C18H29N5O/c1-22-8-6-15-16(7-9-22)20-18(19-14-3-4-14)21-17(15)23-10-5-13(11-23)12-24-2/h13-14H,3-12H2,1-2H3,(H,19,20,21). The summed E-state index contributed by atoms with van der Waals surface area (Å²) in [5.74, 6) is 2.64. The van der Waals surface area contributed by atoms with Crippen molar-refractivity contribution in [3.63, 3.8) is 0 Å². The van der Waals surface area contributed by atoms with E-state index in [2.05, 4.69) is 22.2 Å². The largest absolute Gasteiger partial charge is 0.384 e. The first-order valence-electron chi connectivity index (χ1n) is 9.31. The van der Waals surface area contributed by atoms with Gasteiger partial charge >= 0.3 is 0 Å². The van der Waals surface area contributed by atoms with Crippen LogP contribution in [0, 0.1) is 5.92 Å². The van der Waals surface area contributed by atoms with Gasteiger partial charge in [0.15, 0.2) is 0 Å². The minimum absolute atomic E-state index is 0.587. The number of ether oxygens (including phenoxy) is 1. The molecule has 1 aliphatic carbocycles. The number of anilines is 2. The summed E-state index contributed by atoms with van der Waals surface area (Å²) in [4.78, 5) is 14.7. The van der Waals surface area contributed by atoms with E-state index in [1.165, 1.54) is 36.3 Å². The molecule has 1 unspecified atom stereocenters. The van der Waals surface area contributed by atoms with Crippen molar-refractivity contribution in [1.82, 2.24) is 14.9 Å². The number of nitrogens with zero attached hydrogens (tertiary/aromatic N) is 4. The van der Waals surface area contributed by atoms with Gasteiger partial charge in [0.1, 0.15) is 5.82 Å². The molecule has 2 aliphatic heterocycles. The third-order valence-electron chi connectivity index (χ3n) is 5.44. The van der Waals surface area contributed by atoms with Crippen molar-refractivity contribution in [3.05, 3.63) is 11.3 Å². The summed E-state index contributed by atoms with van der Waals surface area (Å²) in [5, 5.41) is 3.51. The molecule has 6 heteroatoms. The molecule has 132 valence electrons. The van der Waals surface area contributed by atoms with Crippen molar-refractivity contribution < 1.29 is 4.74 Å². The molecule has 1 N–H and O–H groups in total. The Labute approximate surface area is 144 Å². The second kappa shape index (κ2) is 6.84. The van der Waals surface area contributed by atoms with Crippen LogP contribution >= 0.6 is 0 Å². The zero-order valence-corrected chi connectivity index (χ0v) is 14.9. The van der Waals surface area contributed by atoms with E-state index in [4.69, 9.17) is 14.7 Å². The molecule has 0 spiro atoms. The first-order valence-corrected chi connectivity index (χ1v) is 9.31. The first kappa shape index (κ1) is 16.1. The van der Waals surface area contributed by atoms with Crippen molar-refractivity contribution >= 4 is 11.8 Å². The van der Waals surface area contributed by atoms with E-state index in [1.807, 2.05) is 0 Å². The molecule has 0 amide bonds. The van der Waals surface area contributed by atoms with Crippen molar-refractivity contribution in [1.29, 1.82) is 0 Å². The van der Waals surface area contributed by atoms with E-state index in [0.29, 0.717) is 12.0 Å². The Morgan fingerprint density at radius 3 is 2.75 bits per heavy atom. The van der Waals surface area contributed by atoms with Gasteiger partial charge in [0.05, 0.1) is 12.3 Å². The highest BCUT2D eigenvalue weighted by Crippen LogP contribution is 2.31. The van der Waals surface area contributed by atoms with E-state index in [9.17, 15) is 0 Å². The van der Waals surface area contributed by atoms with Gasteiger partial charge in [0.25, 0.3) is 0 Å². The Morgan fingerprint density at radius 2 is 1.96 bits per heavy atom. The van der Waals surface area contributed by atoms with Crippen LogP contribution in [-0.4, -0.2) is 67.9 Å². The lowest BCUT2D eigenvalue weighted by Gasteiger charge is -2.23. The van der Waals surface area contributed by atoms with Gasteiger partial charge in [-0.05, 0) is 32.7 Å². The average Bonchev–Trinajstić information content (AvgIpc) is 3.30. The molecule has 2 fully saturated rings. The predicted octanol–water partition coefficient (Wildman–Crippen LogP) is 1.55. The molecule has 3 aliphatic rings. The maximum atomic E-state index is 5.36. The summed E-state index contributed by atoms with van der Waals surface area (Å²) in [6.45, 7) is 5.15. The summed E-state index contributed by atoms with van der Waals surface area (Å²) in [6, 6.07) is 0.587. The predicted molar refractivity (Wildman–Crippen MR) is 95.8 cm³/mol. The van der Waals surface area contributed by atoms with Crippen molar-refractivity contribution in [2.24, 2.45) is 5.92 Å². The average molecular weight is 331 g/mol. The molecule has 1 saturated heterocycles. The first-order chi connectivity index (χ1) is 11.7. The quantitative estimate of drug-likeness (QED) is 0.884. The number of hydrogen-bond acceptors (Lipinski definition) is 6. The van der Waals surface area contributed by atoms with E-state index in [0.717, 1.165) is 51.6 Å². The molecular formula is C18H29N5O. The fourth-order valence-corrected chi connectivity index (χ4v) is 3.82. The van der Waals surface area contributed by atoms with Crippen molar-refractivity contribution in [3.8, 4) is 0 Å². The minimum Gasteiger partial charge on any atom is -0.384 e. The van der Waals surface area contributed by atoms with Crippen LogP contribution in [0.4, 0.5) is 11.8 Å². The lowest BCUT2D eigenvalue weighted by molar-refractivity contribution is 0.161. The summed E-state index contributed by atoms with van der Waals surface area (Å²) in [5.41, 5.74) is 2.63. The van der Waals surface area contributed by atoms with Crippen LogP contribution in [0.2, 0.25) is 0 Å². The van der Waals surface area contributed by atoms with Crippen LogP contribution in [0.5, 0.6) is 0 Å². The molecule has 1 aromatic heterocycles. The Kier molecular flexibility index (Phi) is 4.59. The van der Waals surface area contributed by atoms with E-state index >= 15 is 0 Å². The van der Waals surface area contributed by atoms with Gasteiger partial charge in [0.2, 0.25) is 5.95 Å². The fourth-order valence-electron chi connectivity index (χ4n) is 3.82. The SMILES string of the molecule is COCC1CCN(c2nc(NC3CC3)nc3c2CCN(C)CC3)C1. The van der Waals surface area contributed by atoms with Crippen LogP contribution in [-0.2, 0) is 17.6 Å². The number of hydrogen-bond donors (Lipinski definition) is 1. The number of likely N-dealkylation sites (N-methyl/N-ethyl adjacent to an activating group) is 1. The van der Waals surface area contributed by atoms with Crippen LogP contribution in [0.3, 0.4) is 0 Å². The number of aromatic nitrogens is 2. The van der Waals surface area contributed by atoms with Crippen molar-refractivity contribution in [2.75, 3.05) is 57.2 Å². The number of methoxy groups -OCH3 is 1. The smallest absolute Gasteiger partial charge is 0.225 e. The van der Waals surface area contributed by atoms with Gasteiger partial charge in [-0.1, -0.05) is 0 Å². The molecule has 0 radical (unpaired) electrons. The lowest BCUT2D eigenvalue weighted by atomic mass is 10.1. The minimum atomic E-state index is 0.587. The Hall–Kier alpha value is -1.40. The maximum Gasteiger partial charge on any atom is 0.225 e. The third-order valence-corrected chi connectivity index (χ3v) is 5.44. The van der Waals surface area contributed by atoms with Crippen LogP contribution in [0.1, 0.15) is 30.5 Å². The summed E-state index contributed by atoms with van der Waals surface area (Å²) < 4.78 is 5.36. The lowest BCUT2D eigenvalue weighted by Crippen LogP contribution is -2.25. The molecule has 0 aromatic carbocycles. The monoisotopic (exact) mass is 331 g/mol. The molecule has 3 heterocycles. The highest BCUT2D eigenvalue weighted by atomic mass is 16.5. The van der Waals surface area contributed by atoms with Crippen molar-refractivity contribution in [2.45, 2.75) is 38.1 Å². The number of fused-ring (bicyclic) bond motifs is 1.